The molecule has 0 aromatic carbocycles. The molecule has 3 nitrogen and oxygen atoms in total. The molecule has 0 heterocycles. The van der Waals surface area contributed by atoms with Crippen LogP contribution < -0.4 is 5.32 Å². The highest BCUT2D eigenvalue weighted by Crippen LogP contribution is 2.39. The van der Waals surface area contributed by atoms with E-state index in [0.29, 0.717) is 17.5 Å². The Kier molecular flexibility index (Phi) is 6.78. The zero-order valence-electron chi connectivity index (χ0n) is 13.8. The number of methoxy groups -OCH3 is 1. The van der Waals surface area contributed by atoms with Crippen molar-refractivity contribution in [2.75, 3.05) is 33.9 Å². The summed E-state index contributed by atoms with van der Waals surface area (Å²) in [6.07, 6.45) is 3.99. The molecule has 1 aliphatic carbocycles. The number of hydrogen-bond donors (Lipinski definition) is 1. The van der Waals surface area contributed by atoms with E-state index < -0.39 is 0 Å². The molecule has 0 radical (unpaired) electrons. The quantitative estimate of drug-likeness (QED) is 0.770. The summed E-state index contributed by atoms with van der Waals surface area (Å²) in [6.45, 7) is 12.4. The van der Waals surface area contributed by atoms with E-state index in [2.05, 4.69) is 45.0 Å². The molecule has 0 saturated heterocycles. The molecule has 0 aromatic heterocycles. The highest BCUT2D eigenvalue weighted by atomic mass is 16.5. The zero-order valence-corrected chi connectivity index (χ0v) is 13.8. The fourth-order valence-corrected chi connectivity index (χ4v) is 3.38. The number of rotatable bonds is 7. The summed E-state index contributed by atoms with van der Waals surface area (Å²) in [5.74, 6) is 0.757. The minimum Gasteiger partial charge on any atom is -0.383 e. The fourth-order valence-electron chi connectivity index (χ4n) is 3.38. The van der Waals surface area contributed by atoms with Gasteiger partial charge in [0.05, 0.1) is 6.61 Å². The number of ether oxygens (including phenoxy) is 1. The Morgan fingerprint density at radius 2 is 2.11 bits per heavy atom. The van der Waals surface area contributed by atoms with Crippen LogP contribution in [0.25, 0.3) is 0 Å². The van der Waals surface area contributed by atoms with E-state index in [1.165, 1.54) is 25.8 Å². The molecule has 3 unspecified atom stereocenters. The van der Waals surface area contributed by atoms with E-state index in [1.807, 2.05) is 0 Å². The summed E-state index contributed by atoms with van der Waals surface area (Å²) in [5.41, 5.74) is 0.502. The van der Waals surface area contributed by atoms with Crippen LogP contribution in [-0.2, 0) is 4.74 Å². The molecule has 3 heteroatoms. The number of nitrogens with one attached hydrogen (secondary N) is 1. The van der Waals surface area contributed by atoms with Gasteiger partial charge in [0.1, 0.15) is 0 Å². The molecule has 3 atom stereocenters. The molecule has 0 amide bonds. The van der Waals surface area contributed by atoms with Crippen LogP contribution in [0.15, 0.2) is 0 Å². The molecular weight excluding hydrogens is 236 g/mol. The summed E-state index contributed by atoms with van der Waals surface area (Å²) in [7, 11) is 4.02. The van der Waals surface area contributed by atoms with Crippen molar-refractivity contribution < 1.29 is 4.74 Å². The Bertz CT molecular complexity index is 255. The van der Waals surface area contributed by atoms with Gasteiger partial charge in [-0.2, -0.15) is 0 Å². The van der Waals surface area contributed by atoms with Gasteiger partial charge in [0.25, 0.3) is 0 Å². The third-order valence-electron chi connectivity index (χ3n) is 4.67. The van der Waals surface area contributed by atoms with Gasteiger partial charge in [0.2, 0.25) is 0 Å². The number of nitrogens with zero attached hydrogens (tertiary/aromatic N) is 1. The Morgan fingerprint density at radius 3 is 2.68 bits per heavy atom. The average molecular weight is 270 g/mol. The molecule has 1 aliphatic rings. The molecule has 1 rings (SSSR count). The zero-order chi connectivity index (χ0) is 14.5. The van der Waals surface area contributed by atoms with Crippen LogP contribution in [0.4, 0.5) is 0 Å². The first-order valence-corrected chi connectivity index (χ1v) is 7.82. The van der Waals surface area contributed by atoms with Crippen LogP contribution in [0.5, 0.6) is 0 Å². The van der Waals surface area contributed by atoms with E-state index in [9.17, 15) is 0 Å². The van der Waals surface area contributed by atoms with Crippen molar-refractivity contribution in [2.45, 2.75) is 59.0 Å². The lowest BCUT2D eigenvalue weighted by molar-refractivity contribution is 0.0692. The highest BCUT2D eigenvalue weighted by molar-refractivity contribution is 4.90. The minimum absolute atomic E-state index is 0.498. The molecule has 1 saturated carbocycles. The van der Waals surface area contributed by atoms with Crippen molar-refractivity contribution in [1.29, 1.82) is 0 Å². The first-order chi connectivity index (χ1) is 8.89. The topological polar surface area (TPSA) is 24.5 Å². The van der Waals surface area contributed by atoms with Crippen LogP contribution in [-0.4, -0.2) is 50.8 Å². The van der Waals surface area contributed by atoms with Crippen molar-refractivity contribution in [1.82, 2.24) is 10.2 Å². The van der Waals surface area contributed by atoms with Crippen molar-refractivity contribution in [3.8, 4) is 0 Å². The maximum absolute atomic E-state index is 5.27. The van der Waals surface area contributed by atoms with Gasteiger partial charge in [-0.15, -0.1) is 0 Å². The molecule has 0 bridgehead atoms. The Balaban J connectivity index is 2.58. The van der Waals surface area contributed by atoms with Crippen LogP contribution in [0.2, 0.25) is 0 Å². The highest BCUT2D eigenvalue weighted by Gasteiger charge is 2.35. The predicted octanol–water partition coefficient (Wildman–Crippen LogP) is 2.76. The van der Waals surface area contributed by atoms with Gasteiger partial charge in [0.15, 0.2) is 0 Å². The minimum atomic E-state index is 0.498. The molecular formula is C16H34N2O. The Morgan fingerprint density at radius 1 is 1.42 bits per heavy atom. The Labute approximate surface area is 120 Å². The molecule has 0 aliphatic heterocycles. The average Bonchev–Trinajstić information content (AvgIpc) is 2.32. The second kappa shape index (κ2) is 7.61. The van der Waals surface area contributed by atoms with Crippen LogP contribution >= 0.6 is 0 Å². The SMILES string of the molecule is CCNC1CCC(C)(C)CC1CN(C)C(C)COC. The van der Waals surface area contributed by atoms with Crippen LogP contribution in [0.3, 0.4) is 0 Å². The standard InChI is InChI=1S/C16H34N2O/c1-7-17-15-8-9-16(3,4)10-14(15)11-18(5)13(2)12-19-6/h13-15,17H,7-12H2,1-6H3. The van der Waals surface area contributed by atoms with E-state index in [0.717, 1.165) is 19.1 Å². The molecule has 1 fully saturated rings. The summed E-state index contributed by atoms with van der Waals surface area (Å²) in [4.78, 5) is 2.46. The van der Waals surface area contributed by atoms with E-state index in [1.54, 1.807) is 7.11 Å². The fraction of sp³-hybridized carbons (Fsp3) is 1.00. The molecule has 19 heavy (non-hydrogen) atoms. The van der Waals surface area contributed by atoms with Crippen LogP contribution in [0, 0.1) is 11.3 Å². The summed E-state index contributed by atoms with van der Waals surface area (Å²) < 4.78 is 5.27. The monoisotopic (exact) mass is 270 g/mol. The third-order valence-corrected chi connectivity index (χ3v) is 4.67. The Hall–Kier alpha value is -0.120. The molecule has 1 N–H and O–H groups in total. The number of hydrogen-bond acceptors (Lipinski definition) is 3. The second-order valence-corrected chi connectivity index (χ2v) is 7.08. The van der Waals surface area contributed by atoms with Gasteiger partial charge in [-0.25, -0.2) is 0 Å². The van der Waals surface area contributed by atoms with Gasteiger partial charge in [0, 0.05) is 25.7 Å². The van der Waals surface area contributed by atoms with Gasteiger partial charge < -0.3 is 15.0 Å². The molecule has 0 aromatic rings. The largest absolute Gasteiger partial charge is 0.383 e. The maximum Gasteiger partial charge on any atom is 0.0615 e. The van der Waals surface area contributed by atoms with Crippen LogP contribution in [0.1, 0.15) is 47.0 Å². The maximum atomic E-state index is 5.27. The smallest absolute Gasteiger partial charge is 0.0615 e. The normalized spacial score (nSPS) is 28.6. The second-order valence-electron chi connectivity index (χ2n) is 7.08. The van der Waals surface area contributed by atoms with Gasteiger partial charge >= 0.3 is 0 Å². The summed E-state index contributed by atoms with van der Waals surface area (Å²) in [6, 6.07) is 1.19. The van der Waals surface area contributed by atoms with Gasteiger partial charge in [-0.3, -0.25) is 0 Å². The lowest BCUT2D eigenvalue weighted by atomic mass is 9.69. The summed E-state index contributed by atoms with van der Waals surface area (Å²) in [5, 5.41) is 3.69. The van der Waals surface area contributed by atoms with E-state index in [4.69, 9.17) is 4.74 Å². The lowest BCUT2D eigenvalue weighted by Gasteiger charge is -2.43. The van der Waals surface area contributed by atoms with Gasteiger partial charge in [-0.1, -0.05) is 20.8 Å². The van der Waals surface area contributed by atoms with E-state index >= 15 is 0 Å². The van der Waals surface area contributed by atoms with Crippen molar-refractivity contribution in [2.24, 2.45) is 11.3 Å². The third kappa shape index (κ3) is 5.41. The summed E-state index contributed by atoms with van der Waals surface area (Å²) >= 11 is 0. The predicted molar refractivity (Wildman–Crippen MR) is 82.6 cm³/mol. The van der Waals surface area contributed by atoms with E-state index in [-0.39, 0.29) is 0 Å². The van der Waals surface area contributed by atoms with Gasteiger partial charge in [-0.05, 0) is 51.1 Å². The molecule has 0 spiro atoms. The van der Waals surface area contributed by atoms with Crippen molar-refractivity contribution in [3.05, 3.63) is 0 Å². The first kappa shape index (κ1) is 16.9. The van der Waals surface area contributed by atoms with Crippen molar-refractivity contribution >= 4 is 0 Å². The first-order valence-electron chi connectivity index (χ1n) is 7.82. The van der Waals surface area contributed by atoms with Crippen molar-refractivity contribution in [3.63, 3.8) is 0 Å². The lowest BCUT2D eigenvalue weighted by Crippen LogP contribution is -2.48. The number of likely N-dealkylation sites (N-methyl/N-ethyl adjacent to an activating group) is 1. The molecule has 114 valence electrons.